The minimum atomic E-state index is -0.964. The van der Waals surface area contributed by atoms with Gasteiger partial charge in [0.15, 0.2) is 0 Å². The van der Waals surface area contributed by atoms with E-state index in [1.165, 1.54) is 6.07 Å². The Morgan fingerprint density at radius 1 is 1.24 bits per heavy atom. The Bertz CT molecular complexity index is 748. The molecule has 2 bridgehead atoms. The van der Waals surface area contributed by atoms with Crippen LogP contribution in [-0.2, 0) is 10.4 Å². The zero-order valence-corrected chi connectivity index (χ0v) is 13.8. The molecule has 1 aromatic carbocycles. The van der Waals surface area contributed by atoms with E-state index in [0.717, 1.165) is 12.8 Å². The fourth-order valence-corrected chi connectivity index (χ4v) is 4.24. The first kappa shape index (κ1) is 16.3. The highest BCUT2D eigenvalue weighted by molar-refractivity contribution is 5.92. The first-order valence-corrected chi connectivity index (χ1v) is 8.62. The van der Waals surface area contributed by atoms with Gasteiger partial charge in [0.2, 0.25) is 5.91 Å². The number of hydrogen-bond donors (Lipinski definition) is 2. The van der Waals surface area contributed by atoms with Crippen LogP contribution in [0.5, 0.6) is 0 Å². The number of furan rings is 1. The fourth-order valence-electron chi connectivity index (χ4n) is 4.24. The predicted octanol–water partition coefficient (Wildman–Crippen LogP) is 2.87. The predicted molar refractivity (Wildman–Crippen MR) is 90.4 cm³/mol. The zero-order chi connectivity index (χ0) is 17.4. The lowest BCUT2D eigenvalue weighted by Gasteiger charge is -2.42. The van der Waals surface area contributed by atoms with Crippen molar-refractivity contribution in [3.05, 3.63) is 54.2 Å². The van der Waals surface area contributed by atoms with E-state index in [1.807, 2.05) is 0 Å². The molecule has 2 aliphatic rings. The van der Waals surface area contributed by atoms with Gasteiger partial charge in [-0.3, -0.25) is 9.69 Å². The molecule has 2 aliphatic heterocycles. The van der Waals surface area contributed by atoms with Gasteiger partial charge in [-0.25, -0.2) is 4.39 Å². The molecule has 0 saturated carbocycles. The zero-order valence-electron chi connectivity index (χ0n) is 13.8. The number of para-hydroxylation sites is 1. The van der Waals surface area contributed by atoms with Crippen LogP contribution in [-0.4, -0.2) is 34.5 Å². The highest BCUT2D eigenvalue weighted by Crippen LogP contribution is 2.45. The quantitative estimate of drug-likeness (QED) is 0.895. The molecular formula is C19H21FN2O3. The number of amides is 1. The molecule has 0 aliphatic carbocycles. The van der Waals surface area contributed by atoms with E-state index in [1.54, 1.807) is 36.6 Å². The number of anilines is 1. The molecule has 2 N–H and O–H groups in total. The van der Waals surface area contributed by atoms with Gasteiger partial charge in [-0.2, -0.15) is 0 Å². The van der Waals surface area contributed by atoms with Crippen LogP contribution < -0.4 is 5.32 Å². The number of nitrogens with one attached hydrogen (secondary N) is 1. The molecule has 2 aromatic rings. The summed E-state index contributed by atoms with van der Waals surface area (Å²) in [6.45, 7) is 0.206. The Labute approximate surface area is 145 Å². The summed E-state index contributed by atoms with van der Waals surface area (Å²) in [5, 5.41) is 13.6. The standard InChI is InChI=1S/C19H21FN2O3/c20-15-4-1-2-5-16(15)21-18(23)12-22-13-7-8-14(22)11-19(24,10-13)17-6-3-9-25-17/h1-6,9,13-14,24H,7-8,10-12H2,(H,21,23)/t13-,14-/m1/s1. The van der Waals surface area contributed by atoms with Crippen LogP contribution in [0.3, 0.4) is 0 Å². The van der Waals surface area contributed by atoms with Gasteiger partial charge in [0.05, 0.1) is 18.5 Å². The molecule has 2 saturated heterocycles. The lowest BCUT2D eigenvalue weighted by Crippen LogP contribution is -2.51. The minimum Gasteiger partial charge on any atom is -0.466 e. The Hall–Kier alpha value is -2.18. The van der Waals surface area contributed by atoms with Gasteiger partial charge in [0.25, 0.3) is 0 Å². The van der Waals surface area contributed by atoms with E-state index in [4.69, 9.17) is 4.42 Å². The van der Waals surface area contributed by atoms with Gasteiger partial charge in [0, 0.05) is 12.1 Å². The fraction of sp³-hybridized carbons (Fsp3) is 0.421. The van der Waals surface area contributed by atoms with Crippen LogP contribution in [0, 0.1) is 5.82 Å². The number of carbonyl (C=O) groups is 1. The molecular weight excluding hydrogens is 323 g/mol. The largest absolute Gasteiger partial charge is 0.466 e. The summed E-state index contributed by atoms with van der Waals surface area (Å²) in [5.74, 6) is -0.0741. The Morgan fingerprint density at radius 3 is 2.60 bits per heavy atom. The van der Waals surface area contributed by atoms with Crippen LogP contribution in [0.15, 0.2) is 47.1 Å². The third-order valence-electron chi connectivity index (χ3n) is 5.37. The van der Waals surface area contributed by atoms with E-state index < -0.39 is 11.4 Å². The third kappa shape index (κ3) is 3.07. The first-order valence-electron chi connectivity index (χ1n) is 8.62. The molecule has 3 heterocycles. The highest BCUT2D eigenvalue weighted by atomic mass is 19.1. The van der Waals surface area contributed by atoms with Crippen molar-refractivity contribution >= 4 is 11.6 Å². The second-order valence-electron chi connectivity index (χ2n) is 7.00. The topological polar surface area (TPSA) is 65.7 Å². The van der Waals surface area contributed by atoms with E-state index >= 15 is 0 Å². The van der Waals surface area contributed by atoms with E-state index in [2.05, 4.69) is 10.2 Å². The number of hydrogen-bond acceptors (Lipinski definition) is 4. The summed E-state index contributed by atoms with van der Waals surface area (Å²) in [7, 11) is 0. The third-order valence-corrected chi connectivity index (χ3v) is 5.37. The van der Waals surface area contributed by atoms with Crippen LogP contribution in [0.2, 0.25) is 0 Å². The molecule has 5 nitrogen and oxygen atoms in total. The summed E-state index contributed by atoms with van der Waals surface area (Å²) >= 11 is 0. The van der Waals surface area contributed by atoms with Crippen LogP contribution in [0.4, 0.5) is 10.1 Å². The van der Waals surface area contributed by atoms with Crippen molar-refractivity contribution in [2.24, 2.45) is 0 Å². The summed E-state index contributed by atoms with van der Waals surface area (Å²) in [4.78, 5) is 14.5. The Morgan fingerprint density at radius 2 is 1.96 bits per heavy atom. The van der Waals surface area contributed by atoms with Gasteiger partial charge in [-0.1, -0.05) is 12.1 Å². The molecule has 132 valence electrons. The maximum absolute atomic E-state index is 13.7. The molecule has 0 radical (unpaired) electrons. The molecule has 0 unspecified atom stereocenters. The lowest BCUT2D eigenvalue weighted by atomic mass is 9.84. The molecule has 6 heteroatoms. The van der Waals surface area contributed by atoms with Crippen molar-refractivity contribution in [2.75, 3.05) is 11.9 Å². The average Bonchev–Trinajstić information content (AvgIpc) is 3.19. The lowest BCUT2D eigenvalue weighted by molar-refractivity contribution is -0.121. The summed E-state index contributed by atoms with van der Waals surface area (Å²) in [5.41, 5.74) is -0.766. The minimum absolute atomic E-state index is 0.125. The number of piperidine rings is 1. The van der Waals surface area contributed by atoms with Crippen molar-refractivity contribution in [1.82, 2.24) is 4.90 Å². The van der Waals surface area contributed by atoms with Gasteiger partial charge in [-0.15, -0.1) is 0 Å². The summed E-state index contributed by atoms with van der Waals surface area (Å²) in [6, 6.07) is 9.99. The Kier molecular flexibility index (Phi) is 4.09. The van der Waals surface area contributed by atoms with E-state index in [9.17, 15) is 14.3 Å². The van der Waals surface area contributed by atoms with Crippen LogP contribution in [0.25, 0.3) is 0 Å². The van der Waals surface area contributed by atoms with Crippen molar-refractivity contribution in [3.8, 4) is 0 Å². The van der Waals surface area contributed by atoms with Crippen molar-refractivity contribution in [3.63, 3.8) is 0 Å². The smallest absolute Gasteiger partial charge is 0.238 e. The first-order chi connectivity index (χ1) is 12.0. The number of fused-ring (bicyclic) bond motifs is 2. The highest BCUT2D eigenvalue weighted by Gasteiger charge is 2.49. The Balaban J connectivity index is 1.43. The number of nitrogens with zero attached hydrogens (tertiary/aromatic N) is 1. The van der Waals surface area contributed by atoms with Crippen molar-refractivity contribution in [1.29, 1.82) is 0 Å². The molecule has 4 rings (SSSR count). The van der Waals surface area contributed by atoms with Crippen LogP contribution in [0.1, 0.15) is 31.4 Å². The monoisotopic (exact) mass is 344 g/mol. The molecule has 25 heavy (non-hydrogen) atoms. The second kappa shape index (κ2) is 6.28. The summed E-state index contributed by atoms with van der Waals surface area (Å²) < 4.78 is 19.1. The van der Waals surface area contributed by atoms with Crippen molar-refractivity contribution in [2.45, 2.75) is 43.4 Å². The van der Waals surface area contributed by atoms with E-state index in [0.29, 0.717) is 18.6 Å². The number of aliphatic hydroxyl groups is 1. The van der Waals surface area contributed by atoms with Gasteiger partial charge < -0.3 is 14.8 Å². The van der Waals surface area contributed by atoms with Crippen LogP contribution >= 0.6 is 0 Å². The SMILES string of the molecule is O=C(CN1[C@@H]2CC[C@@H]1CC(O)(c1ccco1)C2)Nc1ccccc1F. The second-order valence-corrected chi connectivity index (χ2v) is 7.00. The van der Waals surface area contributed by atoms with E-state index in [-0.39, 0.29) is 30.2 Å². The average molecular weight is 344 g/mol. The number of benzene rings is 1. The number of carbonyl (C=O) groups excluding carboxylic acids is 1. The maximum Gasteiger partial charge on any atom is 0.238 e. The number of halogens is 1. The van der Waals surface area contributed by atoms with Gasteiger partial charge in [-0.05, 0) is 49.9 Å². The number of rotatable bonds is 4. The maximum atomic E-state index is 13.7. The molecule has 0 spiro atoms. The molecule has 1 amide bonds. The molecule has 2 atom stereocenters. The van der Waals surface area contributed by atoms with Crippen molar-refractivity contribution < 1.29 is 18.7 Å². The van der Waals surface area contributed by atoms with Gasteiger partial charge in [0.1, 0.15) is 17.2 Å². The summed E-state index contributed by atoms with van der Waals surface area (Å²) in [6.07, 6.45) is 4.55. The molecule has 1 aromatic heterocycles. The van der Waals surface area contributed by atoms with Gasteiger partial charge >= 0.3 is 0 Å². The normalized spacial score (nSPS) is 28.9. The molecule has 2 fully saturated rings.